The van der Waals surface area contributed by atoms with E-state index in [0.717, 1.165) is 60.6 Å². The number of rotatable bonds is 30. The lowest BCUT2D eigenvalue weighted by Crippen LogP contribution is -2.53. The highest BCUT2D eigenvalue weighted by Crippen LogP contribution is 2.36. The number of hydrogen-bond acceptors (Lipinski definition) is 17. The van der Waals surface area contributed by atoms with Crippen LogP contribution in [0.1, 0.15) is 104 Å². The van der Waals surface area contributed by atoms with E-state index in [4.69, 9.17) is 28.4 Å². The van der Waals surface area contributed by atoms with Gasteiger partial charge in [0, 0.05) is 71.5 Å². The first-order valence-corrected chi connectivity index (χ1v) is 28.9. The van der Waals surface area contributed by atoms with E-state index in [1.54, 1.807) is 7.05 Å². The van der Waals surface area contributed by atoms with Gasteiger partial charge in [0.2, 0.25) is 0 Å². The SMILES string of the molecule is CNC(CC1CC1)C(=O)OC(Cc1ccc(N2CCOCC2)cc1)C(=O)N(C)C(CC(C)C)C(=O)OC(C)C(=O)N(C)C(CC1CC1)C(=O)OC(Cc1ccc(N2CCOCC2)cc1)C(=O)N(C)C(CC(C)C)C(=O)OC(C)C(=O)O. The number of morpholine rings is 2. The molecule has 8 unspecified atom stereocenters. The Bertz CT molecular complexity index is 2440. The van der Waals surface area contributed by atoms with Crippen LogP contribution in [0.15, 0.2) is 48.5 Å². The molecule has 3 amide bonds. The lowest BCUT2D eigenvalue weighted by molar-refractivity contribution is -0.174. The van der Waals surface area contributed by atoms with Crippen molar-refractivity contribution in [1.82, 2.24) is 20.0 Å². The predicted molar refractivity (Wildman–Crippen MR) is 301 cm³/mol. The number of benzene rings is 2. The second kappa shape index (κ2) is 30.1. The summed E-state index contributed by atoms with van der Waals surface area (Å²) >= 11 is 0. The van der Waals surface area contributed by atoms with Crippen LogP contribution in [0.5, 0.6) is 0 Å². The number of carboxylic acids is 1. The Morgan fingerprint density at radius 2 is 0.901 bits per heavy atom. The molecule has 0 aromatic heterocycles. The molecular formula is C60H88N6O15. The van der Waals surface area contributed by atoms with Gasteiger partial charge in [0.15, 0.2) is 24.4 Å². The molecule has 448 valence electrons. The van der Waals surface area contributed by atoms with Crippen LogP contribution in [0.3, 0.4) is 0 Å². The van der Waals surface area contributed by atoms with Gasteiger partial charge in [0.25, 0.3) is 17.7 Å². The Labute approximate surface area is 477 Å². The fourth-order valence-corrected chi connectivity index (χ4v) is 10.2. The zero-order valence-electron chi connectivity index (χ0n) is 49.2. The van der Waals surface area contributed by atoms with Gasteiger partial charge in [-0.2, -0.15) is 0 Å². The number of anilines is 2. The molecule has 2 aliphatic carbocycles. The lowest BCUT2D eigenvalue weighted by atomic mass is 10.0. The standard InChI is InChI=1S/C60H88N6O15/c1-37(2)31-48(63(9)54(68)51(80-57(72)47(61-7)33-41-11-12-41)35-43-15-19-45(20-16-43)65-23-27-76-28-24-65)58(73)78-39(5)53(67)62(8)50(34-42-13-14-42)60(75)81-52(36-44-17-21-46(22-18-44)66-25-29-77-30-26-66)55(69)64(10)49(32-38(3)4)59(74)79-40(6)56(70)71/h15-22,37-42,47-52,61H,11-14,23-36H2,1-10H3,(H,70,71). The molecule has 21 nitrogen and oxygen atoms in total. The first kappa shape index (κ1) is 63.9. The van der Waals surface area contributed by atoms with E-state index in [2.05, 4.69) is 15.1 Å². The first-order chi connectivity index (χ1) is 38.5. The quantitative estimate of drug-likeness (QED) is 0.0797. The Kier molecular flexibility index (Phi) is 23.7. The second-order valence-electron chi connectivity index (χ2n) is 23.1. The third-order valence-corrected chi connectivity index (χ3v) is 15.6. The number of nitrogens with one attached hydrogen (secondary N) is 1. The Morgan fingerprint density at radius 3 is 1.28 bits per heavy atom. The van der Waals surface area contributed by atoms with Crippen LogP contribution < -0.4 is 15.1 Å². The smallest absolute Gasteiger partial charge is 0.344 e. The van der Waals surface area contributed by atoms with E-state index in [1.807, 2.05) is 76.2 Å². The number of nitrogens with zero attached hydrogens (tertiary/aromatic N) is 5. The van der Waals surface area contributed by atoms with Crippen LogP contribution in [-0.4, -0.2) is 197 Å². The fourth-order valence-electron chi connectivity index (χ4n) is 10.2. The van der Waals surface area contributed by atoms with Gasteiger partial charge in [-0.15, -0.1) is 0 Å². The number of ether oxygens (including phenoxy) is 6. The summed E-state index contributed by atoms with van der Waals surface area (Å²) in [6.45, 7) is 15.3. The van der Waals surface area contributed by atoms with Crippen molar-refractivity contribution >= 4 is 58.9 Å². The summed E-state index contributed by atoms with van der Waals surface area (Å²) in [5, 5.41) is 12.6. The minimum absolute atomic E-state index is 0.0286. The van der Waals surface area contributed by atoms with Crippen LogP contribution >= 0.6 is 0 Å². The molecule has 4 fully saturated rings. The number of carboxylic acid groups (broad SMARTS) is 1. The van der Waals surface area contributed by atoms with E-state index in [-0.39, 0.29) is 49.9 Å². The molecule has 0 radical (unpaired) electrons. The van der Waals surface area contributed by atoms with Crippen LogP contribution in [0.4, 0.5) is 11.4 Å². The molecule has 81 heavy (non-hydrogen) atoms. The number of carbonyl (C=O) groups is 8. The molecule has 2 saturated heterocycles. The summed E-state index contributed by atoms with van der Waals surface area (Å²) in [5.41, 5.74) is 3.31. The van der Waals surface area contributed by atoms with E-state index in [0.29, 0.717) is 57.4 Å². The maximum Gasteiger partial charge on any atom is 0.344 e. The van der Waals surface area contributed by atoms with Gasteiger partial charge in [-0.3, -0.25) is 19.2 Å². The van der Waals surface area contributed by atoms with Crippen LogP contribution in [-0.2, 0) is 79.6 Å². The van der Waals surface area contributed by atoms with Crippen molar-refractivity contribution in [2.45, 2.75) is 154 Å². The van der Waals surface area contributed by atoms with Gasteiger partial charge in [-0.1, -0.05) is 77.6 Å². The number of esters is 4. The zero-order valence-corrected chi connectivity index (χ0v) is 49.2. The molecule has 0 spiro atoms. The number of aliphatic carboxylic acids is 1. The summed E-state index contributed by atoms with van der Waals surface area (Å²) < 4.78 is 34.5. The monoisotopic (exact) mass is 1130 g/mol. The lowest BCUT2D eigenvalue weighted by Gasteiger charge is -2.34. The van der Waals surface area contributed by atoms with Gasteiger partial charge in [-0.25, -0.2) is 19.2 Å². The van der Waals surface area contributed by atoms with Crippen molar-refractivity contribution in [3.05, 3.63) is 59.7 Å². The largest absolute Gasteiger partial charge is 0.479 e. The van der Waals surface area contributed by atoms with E-state index >= 15 is 0 Å². The topological polar surface area (TPSA) is 240 Å². The molecule has 0 bridgehead atoms. The molecule has 2 saturated carbocycles. The Morgan fingerprint density at radius 1 is 0.531 bits per heavy atom. The van der Waals surface area contributed by atoms with Crippen LogP contribution in [0.2, 0.25) is 0 Å². The van der Waals surface area contributed by atoms with Gasteiger partial charge >= 0.3 is 29.8 Å². The first-order valence-electron chi connectivity index (χ1n) is 28.9. The molecule has 2 heterocycles. The van der Waals surface area contributed by atoms with E-state index in [9.17, 15) is 43.5 Å². The maximum absolute atomic E-state index is 14.7. The molecule has 2 aromatic carbocycles. The minimum Gasteiger partial charge on any atom is -0.479 e. The molecule has 2 N–H and O–H groups in total. The molecule has 8 atom stereocenters. The normalized spacial score (nSPS) is 18.5. The molecule has 2 aromatic rings. The summed E-state index contributed by atoms with van der Waals surface area (Å²) in [6, 6.07) is 10.8. The molecular weight excluding hydrogens is 1040 g/mol. The number of amides is 3. The van der Waals surface area contributed by atoms with E-state index in [1.165, 1.54) is 44.8 Å². The molecule has 6 rings (SSSR count). The maximum atomic E-state index is 14.7. The Hall–Kier alpha value is -6.32. The van der Waals surface area contributed by atoms with Crippen molar-refractivity contribution in [3.63, 3.8) is 0 Å². The summed E-state index contributed by atoms with van der Waals surface area (Å²) in [4.78, 5) is 120. The van der Waals surface area contributed by atoms with Gasteiger partial charge < -0.3 is 63.3 Å². The van der Waals surface area contributed by atoms with Gasteiger partial charge in [0.05, 0.1) is 26.4 Å². The van der Waals surface area contributed by atoms with Crippen LogP contribution in [0.25, 0.3) is 0 Å². The average molecular weight is 1130 g/mol. The molecule has 4 aliphatic rings. The van der Waals surface area contributed by atoms with Crippen molar-refractivity contribution in [1.29, 1.82) is 0 Å². The average Bonchev–Trinajstić information content (AvgIpc) is 4.44. The third kappa shape index (κ3) is 18.9. The summed E-state index contributed by atoms with van der Waals surface area (Å²) in [5.74, 6) is -6.60. The second-order valence-corrected chi connectivity index (χ2v) is 23.1. The summed E-state index contributed by atoms with van der Waals surface area (Å²) in [6.07, 6.45) is -1.27. The Balaban J connectivity index is 1.20. The predicted octanol–water partition coefficient (Wildman–Crippen LogP) is 4.68. The highest BCUT2D eigenvalue weighted by Gasteiger charge is 2.43. The zero-order chi connectivity index (χ0) is 59.1. The van der Waals surface area contributed by atoms with Crippen molar-refractivity contribution < 1.29 is 71.9 Å². The highest BCUT2D eigenvalue weighted by atomic mass is 16.6. The third-order valence-electron chi connectivity index (χ3n) is 15.6. The molecule has 21 heteroatoms. The molecule has 2 aliphatic heterocycles. The minimum atomic E-state index is -1.51. The van der Waals surface area contributed by atoms with Crippen molar-refractivity contribution in [2.24, 2.45) is 23.7 Å². The van der Waals surface area contributed by atoms with Gasteiger partial charge in [0.1, 0.15) is 24.2 Å². The van der Waals surface area contributed by atoms with Crippen molar-refractivity contribution in [2.75, 3.05) is 90.6 Å². The van der Waals surface area contributed by atoms with Gasteiger partial charge in [-0.05, 0) is 106 Å². The highest BCUT2D eigenvalue weighted by molar-refractivity contribution is 5.93. The number of likely N-dealkylation sites (N-methyl/N-ethyl adjacent to an activating group) is 4. The number of hydrogen-bond donors (Lipinski definition) is 2. The fraction of sp³-hybridized carbons (Fsp3) is 0.667. The van der Waals surface area contributed by atoms with Crippen molar-refractivity contribution in [3.8, 4) is 0 Å². The van der Waals surface area contributed by atoms with E-state index < -0.39 is 96.2 Å². The number of carbonyl (C=O) groups excluding carboxylic acids is 7. The van der Waals surface area contributed by atoms with Crippen LogP contribution in [0, 0.1) is 23.7 Å². The summed E-state index contributed by atoms with van der Waals surface area (Å²) in [7, 11) is 5.92.